The predicted molar refractivity (Wildman–Crippen MR) is 87.6 cm³/mol. The van der Waals surface area contributed by atoms with Crippen LogP contribution in [0.4, 0.5) is 5.69 Å². The molecule has 112 valence electrons. The van der Waals surface area contributed by atoms with Crippen LogP contribution in [-0.2, 0) is 13.0 Å². The maximum absolute atomic E-state index is 9.76. The lowest BCUT2D eigenvalue weighted by molar-refractivity contribution is 0.373. The predicted octanol–water partition coefficient (Wildman–Crippen LogP) is 4.25. The van der Waals surface area contributed by atoms with Gasteiger partial charge in [-0.05, 0) is 41.8 Å². The second kappa shape index (κ2) is 6.72. The first kappa shape index (κ1) is 15.5. The first-order valence-corrected chi connectivity index (χ1v) is 7.28. The first-order chi connectivity index (χ1) is 10.0. The number of benzene rings is 2. The average Bonchev–Trinajstić information content (AvgIpc) is 2.50. The fraction of sp³-hybridized carbons (Fsp3) is 0.294. The molecular formula is C17H20ClNO2. The summed E-state index contributed by atoms with van der Waals surface area (Å²) in [6, 6.07) is 12.1. The maximum Gasteiger partial charge on any atom is 0.176 e. The van der Waals surface area contributed by atoms with Crippen LogP contribution in [0.3, 0.4) is 0 Å². The standard InChI is InChI=1S/C17H20ClNO2/c1-4-12-5-7-14(8-6-12)19(2)11-13-9-15(18)17(20)16(10-13)21-3/h5-10,20H,4,11H2,1-3H3. The normalized spacial score (nSPS) is 10.5. The number of phenolic OH excluding ortho intramolecular Hbond substituents is 1. The molecule has 0 aliphatic rings. The van der Waals surface area contributed by atoms with Gasteiger partial charge in [-0.15, -0.1) is 0 Å². The van der Waals surface area contributed by atoms with E-state index >= 15 is 0 Å². The zero-order valence-corrected chi connectivity index (χ0v) is 13.3. The van der Waals surface area contributed by atoms with Crippen molar-refractivity contribution < 1.29 is 9.84 Å². The van der Waals surface area contributed by atoms with Crippen molar-refractivity contribution in [3.8, 4) is 11.5 Å². The molecule has 0 saturated carbocycles. The van der Waals surface area contributed by atoms with Gasteiger partial charge in [-0.1, -0.05) is 30.7 Å². The molecule has 0 heterocycles. The molecule has 0 aromatic heterocycles. The van der Waals surface area contributed by atoms with E-state index in [-0.39, 0.29) is 5.75 Å². The van der Waals surface area contributed by atoms with Gasteiger partial charge in [0.05, 0.1) is 12.1 Å². The van der Waals surface area contributed by atoms with E-state index in [9.17, 15) is 5.11 Å². The highest BCUT2D eigenvalue weighted by Crippen LogP contribution is 2.35. The molecule has 2 aromatic carbocycles. The number of aromatic hydroxyl groups is 1. The van der Waals surface area contributed by atoms with Crippen LogP contribution in [0.2, 0.25) is 5.02 Å². The molecule has 0 aliphatic heterocycles. The van der Waals surface area contributed by atoms with Gasteiger partial charge in [0.25, 0.3) is 0 Å². The monoisotopic (exact) mass is 305 g/mol. The molecule has 0 aliphatic carbocycles. The summed E-state index contributed by atoms with van der Waals surface area (Å²) in [6.07, 6.45) is 1.04. The molecule has 0 unspecified atom stereocenters. The number of methoxy groups -OCH3 is 1. The fourth-order valence-corrected chi connectivity index (χ4v) is 2.46. The van der Waals surface area contributed by atoms with E-state index in [1.54, 1.807) is 12.1 Å². The molecule has 3 nitrogen and oxygen atoms in total. The molecule has 1 N–H and O–H groups in total. The molecule has 2 aromatic rings. The van der Waals surface area contributed by atoms with E-state index in [1.807, 2.05) is 7.05 Å². The van der Waals surface area contributed by atoms with Gasteiger partial charge in [0.15, 0.2) is 11.5 Å². The third-order valence-electron chi connectivity index (χ3n) is 3.51. The van der Waals surface area contributed by atoms with Crippen LogP contribution < -0.4 is 9.64 Å². The minimum Gasteiger partial charge on any atom is -0.503 e. The number of hydrogen-bond donors (Lipinski definition) is 1. The number of halogens is 1. The summed E-state index contributed by atoms with van der Waals surface area (Å²) in [4.78, 5) is 2.13. The molecule has 0 bridgehead atoms. The summed E-state index contributed by atoms with van der Waals surface area (Å²) in [5.41, 5.74) is 3.44. The van der Waals surface area contributed by atoms with Crippen molar-refractivity contribution in [2.75, 3.05) is 19.1 Å². The van der Waals surface area contributed by atoms with Crippen molar-refractivity contribution in [2.45, 2.75) is 19.9 Å². The summed E-state index contributed by atoms with van der Waals surface area (Å²) in [5, 5.41) is 10.1. The Hall–Kier alpha value is -1.87. The molecule has 0 fully saturated rings. The third-order valence-corrected chi connectivity index (χ3v) is 3.80. The van der Waals surface area contributed by atoms with Crippen molar-refractivity contribution in [1.29, 1.82) is 0 Å². The summed E-state index contributed by atoms with van der Waals surface area (Å²) < 4.78 is 5.13. The lowest BCUT2D eigenvalue weighted by Gasteiger charge is -2.20. The minimum atomic E-state index is -0.0159. The SMILES string of the molecule is CCc1ccc(N(C)Cc2cc(Cl)c(O)c(OC)c2)cc1. The molecule has 21 heavy (non-hydrogen) atoms. The van der Waals surface area contributed by atoms with Gasteiger partial charge in [-0.25, -0.2) is 0 Å². The van der Waals surface area contributed by atoms with Gasteiger partial charge in [0, 0.05) is 19.3 Å². The Labute approximate surface area is 130 Å². The first-order valence-electron chi connectivity index (χ1n) is 6.90. The third kappa shape index (κ3) is 3.61. The maximum atomic E-state index is 9.76. The van der Waals surface area contributed by atoms with Crippen LogP contribution in [-0.4, -0.2) is 19.3 Å². The van der Waals surface area contributed by atoms with Gasteiger partial charge < -0.3 is 14.7 Å². The smallest absolute Gasteiger partial charge is 0.176 e. The van der Waals surface area contributed by atoms with Crippen molar-refractivity contribution >= 4 is 17.3 Å². The topological polar surface area (TPSA) is 32.7 Å². The van der Waals surface area contributed by atoms with E-state index in [2.05, 4.69) is 36.1 Å². The number of ether oxygens (including phenoxy) is 1. The molecule has 0 amide bonds. The molecule has 0 spiro atoms. The van der Waals surface area contributed by atoms with Crippen LogP contribution >= 0.6 is 11.6 Å². The highest BCUT2D eigenvalue weighted by atomic mass is 35.5. The Morgan fingerprint density at radius 2 is 1.81 bits per heavy atom. The minimum absolute atomic E-state index is 0.0159. The van der Waals surface area contributed by atoms with Gasteiger partial charge >= 0.3 is 0 Å². The lowest BCUT2D eigenvalue weighted by atomic mass is 10.1. The number of nitrogens with zero attached hydrogens (tertiary/aromatic N) is 1. The van der Waals surface area contributed by atoms with E-state index in [0.717, 1.165) is 17.7 Å². The van der Waals surface area contributed by atoms with Crippen molar-refractivity contribution in [3.63, 3.8) is 0 Å². The zero-order valence-electron chi connectivity index (χ0n) is 12.6. The van der Waals surface area contributed by atoms with Crippen LogP contribution in [0.15, 0.2) is 36.4 Å². The van der Waals surface area contributed by atoms with Crippen molar-refractivity contribution in [3.05, 3.63) is 52.5 Å². The summed E-state index contributed by atoms with van der Waals surface area (Å²) in [7, 11) is 3.54. The fourth-order valence-electron chi connectivity index (χ4n) is 2.23. The van der Waals surface area contributed by atoms with Crippen LogP contribution in [0.25, 0.3) is 0 Å². The highest BCUT2D eigenvalue weighted by molar-refractivity contribution is 6.32. The second-order valence-electron chi connectivity index (χ2n) is 5.00. The Kier molecular flexibility index (Phi) is 4.97. The Bertz CT molecular complexity index is 611. The van der Waals surface area contributed by atoms with Gasteiger partial charge in [-0.3, -0.25) is 0 Å². The van der Waals surface area contributed by atoms with Crippen LogP contribution in [0.5, 0.6) is 11.5 Å². The average molecular weight is 306 g/mol. The number of rotatable bonds is 5. The van der Waals surface area contributed by atoms with Gasteiger partial charge in [-0.2, -0.15) is 0 Å². The Morgan fingerprint density at radius 1 is 1.14 bits per heavy atom. The zero-order chi connectivity index (χ0) is 15.4. The Morgan fingerprint density at radius 3 is 2.38 bits per heavy atom. The Balaban J connectivity index is 2.18. The molecule has 0 atom stereocenters. The molecule has 4 heteroatoms. The summed E-state index contributed by atoms with van der Waals surface area (Å²) >= 11 is 6.02. The highest BCUT2D eigenvalue weighted by Gasteiger charge is 2.10. The van der Waals surface area contributed by atoms with Gasteiger partial charge in [0.2, 0.25) is 0 Å². The number of hydrogen-bond acceptors (Lipinski definition) is 3. The number of phenols is 1. The van der Waals surface area contributed by atoms with Crippen LogP contribution in [0, 0.1) is 0 Å². The largest absolute Gasteiger partial charge is 0.503 e. The van der Waals surface area contributed by atoms with Crippen LogP contribution in [0.1, 0.15) is 18.1 Å². The van der Waals surface area contributed by atoms with E-state index < -0.39 is 0 Å². The van der Waals surface area contributed by atoms with E-state index in [0.29, 0.717) is 17.3 Å². The number of aryl methyl sites for hydroxylation is 1. The molecule has 0 saturated heterocycles. The lowest BCUT2D eigenvalue weighted by Crippen LogP contribution is -2.16. The second-order valence-corrected chi connectivity index (χ2v) is 5.41. The molecule has 0 radical (unpaired) electrons. The summed E-state index contributed by atoms with van der Waals surface area (Å²) in [6.45, 7) is 2.82. The van der Waals surface area contributed by atoms with E-state index in [4.69, 9.17) is 16.3 Å². The molecule has 2 rings (SSSR count). The quantitative estimate of drug-likeness (QED) is 0.896. The molecular weight excluding hydrogens is 286 g/mol. The van der Waals surface area contributed by atoms with Crippen molar-refractivity contribution in [2.24, 2.45) is 0 Å². The van der Waals surface area contributed by atoms with Crippen molar-refractivity contribution in [1.82, 2.24) is 0 Å². The number of anilines is 1. The summed E-state index contributed by atoms with van der Waals surface area (Å²) in [5.74, 6) is 0.380. The van der Waals surface area contributed by atoms with Gasteiger partial charge in [0.1, 0.15) is 0 Å². The van der Waals surface area contributed by atoms with E-state index in [1.165, 1.54) is 12.7 Å².